The van der Waals surface area contributed by atoms with Gasteiger partial charge in [-0.15, -0.1) is 0 Å². The molecule has 1 heterocycles. The minimum atomic E-state index is -0.764. The first kappa shape index (κ1) is 8.58. The van der Waals surface area contributed by atoms with Crippen molar-refractivity contribution in [1.82, 2.24) is 5.32 Å². The molecular formula is C7H9NO4. The number of hydrogen-bond donors (Lipinski definition) is 1. The highest BCUT2D eigenvalue weighted by molar-refractivity contribution is 5.85. The second kappa shape index (κ2) is 3.25. The fourth-order valence-electron chi connectivity index (χ4n) is 0.939. The molecule has 1 saturated heterocycles. The molecule has 0 spiro atoms. The molecule has 0 unspecified atom stereocenters. The molecule has 66 valence electrons. The average Bonchev–Trinajstić information content (AvgIpc) is 2.45. The van der Waals surface area contributed by atoms with Gasteiger partial charge in [0.15, 0.2) is 12.1 Å². The highest BCUT2D eigenvalue weighted by Crippen LogP contribution is 2.10. The normalized spacial score (nSPS) is 27.2. The number of ether oxygens (including phenoxy) is 2. The first-order valence-corrected chi connectivity index (χ1v) is 3.36. The first-order valence-electron chi connectivity index (χ1n) is 3.36. The molecular weight excluding hydrogens is 162 g/mol. The Kier molecular flexibility index (Phi) is 2.32. The van der Waals surface area contributed by atoms with Gasteiger partial charge in [-0.2, -0.15) is 0 Å². The van der Waals surface area contributed by atoms with Gasteiger partial charge in [-0.05, 0) is 6.08 Å². The summed E-state index contributed by atoms with van der Waals surface area (Å²) in [5, 5.41) is 2.30. The Morgan fingerprint density at radius 3 is 3.00 bits per heavy atom. The summed E-state index contributed by atoms with van der Waals surface area (Å²) in [7, 11) is 1.24. The molecule has 1 aliphatic heterocycles. The SMILES string of the molecule is C=C[C@@H]1OC(=O)N[C@H]1C(=O)OC. The minimum Gasteiger partial charge on any atom is -0.467 e. The Balaban J connectivity index is 2.69. The number of hydrogen-bond acceptors (Lipinski definition) is 4. The van der Waals surface area contributed by atoms with Gasteiger partial charge in [0.05, 0.1) is 7.11 Å². The zero-order chi connectivity index (χ0) is 9.14. The van der Waals surface area contributed by atoms with Crippen molar-refractivity contribution in [3.8, 4) is 0 Å². The van der Waals surface area contributed by atoms with Crippen molar-refractivity contribution in [2.24, 2.45) is 0 Å². The molecule has 0 aromatic heterocycles. The predicted molar refractivity (Wildman–Crippen MR) is 39.4 cm³/mol. The van der Waals surface area contributed by atoms with Gasteiger partial charge < -0.3 is 14.8 Å². The summed E-state index contributed by atoms with van der Waals surface area (Å²) in [5.41, 5.74) is 0. The zero-order valence-corrected chi connectivity index (χ0v) is 6.57. The van der Waals surface area contributed by atoms with Crippen molar-refractivity contribution < 1.29 is 19.1 Å². The summed E-state index contributed by atoms with van der Waals surface area (Å²) in [6, 6.07) is -0.764. The van der Waals surface area contributed by atoms with Crippen LogP contribution in [0.25, 0.3) is 0 Å². The minimum absolute atomic E-state index is 0.536. The van der Waals surface area contributed by atoms with Crippen molar-refractivity contribution in [2.45, 2.75) is 12.1 Å². The molecule has 5 heteroatoms. The molecule has 0 saturated carbocycles. The lowest BCUT2D eigenvalue weighted by Gasteiger charge is -2.09. The molecule has 0 aliphatic carbocycles. The smallest absolute Gasteiger partial charge is 0.408 e. The second-order valence-corrected chi connectivity index (χ2v) is 2.25. The van der Waals surface area contributed by atoms with Crippen LogP contribution < -0.4 is 5.32 Å². The third-order valence-corrected chi connectivity index (χ3v) is 1.53. The van der Waals surface area contributed by atoms with E-state index in [1.54, 1.807) is 0 Å². The van der Waals surface area contributed by atoms with E-state index in [0.29, 0.717) is 0 Å². The molecule has 5 nitrogen and oxygen atoms in total. The maximum absolute atomic E-state index is 11.0. The molecule has 0 bridgehead atoms. The lowest BCUT2D eigenvalue weighted by molar-refractivity contribution is -0.143. The van der Waals surface area contributed by atoms with Gasteiger partial charge >= 0.3 is 12.1 Å². The van der Waals surface area contributed by atoms with Gasteiger partial charge in [0.1, 0.15) is 0 Å². The molecule has 12 heavy (non-hydrogen) atoms. The van der Waals surface area contributed by atoms with E-state index >= 15 is 0 Å². The number of carbonyl (C=O) groups is 2. The van der Waals surface area contributed by atoms with Crippen LogP contribution in [0.3, 0.4) is 0 Å². The van der Waals surface area contributed by atoms with Crippen LogP contribution in [0.5, 0.6) is 0 Å². The van der Waals surface area contributed by atoms with Crippen molar-refractivity contribution >= 4 is 12.1 Å². The number of rotatable bonds is 2. The molecule has 1 amide bonds. The van der Waals surface area contributed by atoms with E-state index in [1.165, 1.54) is 13.2 Å². The number of amides is 1. The monoisotopic (exact) mass is 171 g/mol. The van der Waals surface area contributed by atoms with Crippen molar-refractivity contribution in [1.29, 1.82) is 0 Å². The fraction of sp³-hybridized carbons (Fsp3) is 0.429. The van der Waals surface area contributed by atoms with E-state index in [-0.39, 0.29) is 0 Å². The Morgan fingerprint density at radius 2 is 2.50 bits per heavy atom. The molecule has 2 atom stereocenters. The van der Waals surface area contributed by atoms with Gasteiger partial charge in [-0.25, -0.2) is 9.59 Å². The number of cyclic esters (lactones) is 1. The van der Waals surface area contributed by atoms with Crippen LogP contribution in [0.1, 0.15) is 0 Å². The van der Waals surface area contributed by atoms with Crippen molar-refractivity contribution in [2.75, 3.05) is 7.11 Å². The Hall–Kier alpha value is -1.52. The van der Waals surface area contributed by atoms with E-state index in [1.807, 2.05) is 0 Å². The number of nitrogens with one attached hydrogen (secondary N) is 1. The lowest BCUT2D eigenvalue weighted by Crippen LogP contribution is -2.39. The summed E-state index contributed by atoms with van der Waals surface area (Å²) < 4.78 is 9.11. The van der Waals surface area contributed by atoms with Gasteiger partial charge in [0.25, 0.3) is 0 Å². The van der Waals surface area contributed by atoms with E-state index in [0.717, 1.165) is 0 Å². The van der Waals surface area contributed by atoms with Gasteiger partial charge in [-0.3, -0.25) is 0 Å². The van der Waals surface area contributed by atoms with E-state index in [2.05, 4.69) is 21.4 Å². The standard InChI is InChI=1S/C7H9NO4/c1-3-4-5(6(9)11-2)8-7(10)12-4/h3-5H,1H2,2H3,(H,8,10)/t4-,5+/m0/s1. The van der Waals surface area contributed by atoms with E-state index in [9.17, 15) is 9.59 Å². The summed E-state index contributed by atoms with van der Waals surface area (Å²) in [4.78, 5) is 21.6. The quantitative estimate of drug-likeness (QED) is 0.462. The molecule has 1 rings (SSSR count). The molecule has 0 aromatic rings. The fourth-order valence-corrected chi connectivity index (χ4v) is 0.939. The second-order valence-electron chi connectivity index (χ2n) is 2.25. The zero-order valence-electron chi connectivity index (χ0n) is 6.57. The van der Waals surface area contributed by atoms with Gasteiger partial charge in [0.2, 0.25) is 0 Å². The lowest BCUT2D eigenvalue weighted by atomic mass is 10.2. The number of alkyl carbamates (subject to hydrolysis) is 1. The van der Waals surface area contributed by atoms with Crippen LogP contribution >= 0.6 is 0 Å². The van der Waals surface area contributed by atoms with Gasteiger partial charge in [-0.1, -0.05) is 6.58 Å². The molecule has 0 aromatic carbocycles. The largest absolute Gasteiger partial charge is 0.467 e. The Morgan fingerprint density at radius 1 is 1.83 bits per heavy atom. The van der Waals surface area contributed by atoms with Crippen LogP contribution in [0.4, 0.5) is 4.79 Å². The van der Waals surface area contributed by atoms with Gasteiger partial charge in [0, 0.05) is 0 Å². The van der Waals surface area contributed by atoms with Crippen LogP contribution in [0.2, 0.25) is 0 Å². The number of esters is 1. The molecule has 1 aliphatic rings. The topological polar surface area (TPSA) is 64.6 Å². The number of methoxy groups -OCH3 is 1. The van der Waals surface area contributed by atoms with E-state index < -0.39 is 24.2 Å². The van der Waals surface area contributed by atoms with Crippen LogP contribution in [0, 0.1) is 0 Å². The van der Waals surface area contributed by atoms with Crippen LogP contribution in [-0.4, -0.2) is 31.3 Å². The van der Waals surface area contributed by atoms with E-state index in [4.69, 9.17) is 0 Å². The van der Waals surface area contributed by atoms with Crippen LogP contribution in [0.15, 0.2) is 12.7 Å². The maximum atomic E-state index is 11.0. The third kappa shape index (κ3) is 1.39. The van der Waals surface area contributed by atoms with Crippen LogP contribution in [-0.2, 0) is 14.3 Å². The average molecular weight is 171 g/mol. The molecule has 1 N–H and O–H groups in total. The summed E-state index contributed by atoms with van der Waals surface area (Å²) in [6.45, 7) is 3.42. The Labute approximate surface area is 69.3 Å². The van der Waals surface area contributed by atoms with Crippen molar-refractivity contribution in [3.63, 3.8) is 0 Å². The molecule has 1 fully saturated rings. The predicted octanol–water partition coefficient (Wildman–Crippen LogP) is -0.178. The summed E-state index contributed by atoms with van der Waals surface area (Å²) >= 11 is 0. The highest BCUT2D eigenvalue weighted by Gasteiger charge is 2.37. The first-order chi connectivity index (χ1) is 5.69. The Bertz CT molecular complexity index is 225. The summed E-state index contributed by atoms with van der Waals surface area (Å²) in [5.74, 6) is -0.536. The number of carbonyl (C=O) groups excluding carboxylic acids is 2. The third-order valence-electron chi connectivity index (χ3n) is 1.53. The van der Waals surface area contributed by atoms with Crippen molar-refractivity contribution in [3.05, 3.63) is 12.7 Å². The summed E-state index contributed by atoms with van der Waals surface area (Å²) in [6.07, 6.45) is 0.111. The maximum Gasteiger partial charge on any atom is 0.408 e. The highest BCUT2D eigenvalue weighted by atomic mass is 16.6. The molecule has 0 radical (unpaired) electrons.